The van der Waals surface area contributed by atoms with Gasteiger partial charge in [-0.25, -0.2) is 4.57 Å². The van der Waals surface area contributed by atoms with Crippen LogP contribution in [0.1, 0.15) is 59.7 Å². The lowest BCUT2D eigenvalue weighted by Gasteiger charge is -2.33. The topological polar surface area (TPSA) is 8.81 Å². The normalized spacial score (nSPS) is 18.0. The summed E-state index contributed by atoms with van der Waals surface area (Å²) in [5.41, 5.74) is 11.2. The van der Waals surface area contributed by atoms with Gasteiger partial charge in [0.25, 0.3) is 5.82 Å². The molecule has 1 aliphatic carbocycles. The third-order valence-electron chi connectivity index (χ3n) is 7.62. The number of hydrogen-bond acceptors (Lipinski definition) is 0. The summed E-state index contributed by atoms with van der Waals surface area (Å²) in [5.74, 6) is 1.31. The Kier molecular flexibility index (Phi) is 3.87. The molecule has 0 saturated carbocycles. The molecule has 2 heteroatoms. The minimum Gasteiger partial charge on any atom is -0.223 e. The van der Waals surface area contributed by atoms with Gasteiger partial charge >= 0.3 is 0 Å². The monoisotopic (exact) mass is 405 g/mol. The van der Waals surface area contributed by atoms with Gasteiger partial charge in [0.05, 0.1) is 5.56 Å². The Morgan fingerprint density at radius 1 is 0.871 bits per heavy atom. The second kappa shape index (κ2) is 6.43. The fraction of sp³-hybridized carbons (Fsp3) is 0.276. The zero-order valence-corrected chi connectivity index (χ0v) is 18.8. The van der Waals surface area contributed by atoms with Crippen LogP contribution in [-0.4, -0.2) is 4.57 Å². The molecule has 2 nitrogen and oxygen atoms in total. The van der Waals surface area contributed by atoms with E-state index in [4.69, 9.17) is 0 Å². The second-order valence-electron chi connectivity index (χ2n) is 9.74. The maximum atomic E-state index is 2.54. The predicted molar refractivity (Wildman–Crippen MR) is 126 cm³/mol. The first-order chi connectivity index (χ1) is 15.0. The number of para-hydroxylation sites is 1. The molecule has 154 valence electrons. The number of rotatable bonds is 1. The number of aromatic nitrogens is 2. The van der Waals surface area contributed by atoms with Crippen molar-refractivity contribution in [2.45, 2.75) is 52.0 Å². The number of nitrogens with zero attached hydrogens (tertiary/aromatic N) is 2. The van der Waals surface area contributed by atoms with E-state index in [1.165, 1.54) is 50.5 Å². The molecular weight excluding hydrogens is 376 g/mol. The van der Waals surface area contributed by atoms with Crippen molar-refractivity contribution in [3.63, 3.8) is 0 Å². The number of aryl methyl sites for hydroxylation is 2. The van der Waals surface area contributed by atoms with E-state index < -0.39 is 0 Å². The van der Waals surface area contributed by atoms with Gasteiger partial charge in [-0.3, -0.25) is 0 Å². The van der Waals surface area contributed by atoms with Gasteiger partial charge in [0.15, 0.2) is 0 Å². The van der Waals surface area contributed by atoms with Crippen LogP contribution in [0.4, 0.5) is 0 Å². The van der Waals surface area contributed by atoms with Crippen LogP contribution in [-0.2, 0) is 11.8 Å². The highest BCUT2D eigenvalue weighted by molar-refractivity contribution is 5.67. The van der Waals surface area contributed by atoms with Gasteiger partial charge in [0, 0.05) is 11.0 Å². The van der Waals surface area contributed by atoms with Crippen LogP contribution in [0.25, 0.3) is 17.1 Å². The number of imidazole rings is 1. The van der Waals surface area contributed by atoms with Crippen LogP contribution in [0, 0.1) is 13.8 Å². The molecule has 0 fully saturated rings. The molecule has 0 spiro atoms. The molecule has 2 bridgehead atoms. The molecule has 0 radical (unpaired) electrons. The maximum absolute atomic E-state index is 2.54. The van der Waals surface area contributed by atoms with Crippen LogP contribution in [0.15, 0.2) is 73.1 Å². The van der Waals surface area contributed by atoms with Crippen LogP contribution >= 0.6 is 0 Å². The summed E-state index contributed by atoms with van der Waals surface area (Å²) in [7, 11) is 0. The Morgan fingerprint density at radius 3 is 2.39 bits per heavy atom. The fourth-order valence-corrected chi connectivity index (χ4v) is 6.17. The molecule has 0 saturated heterocycles. The van der Waals surface area contributed by atoms with Gasteiger partial charge in [0.2, 0.25) is 0 Å². The van der Waals surface area contributed by atoms with Gasteiger partial charge in [-0.05, 0) is 60.6 Å². The van der Waals surface area contributed by atoms with E-state index in [0.29, 0.717) is 6.04 Å². The van der Waals surface area contributed by atoms with Crippen molar-refractivity contribution < 1.29 is 4.57 Å². The molecule has 1 aromatic heterocycles. The van der Waals surface area contributed by atoms with Crippen molar-refractivity contribution >= 4 is 0 Å². The van der Waals surface area contributed by atoms with Gasteiger partial charge in [0.1, 0.15) is 24.1 Å². The molecule has 4 aromatic rings. The quantitative estimate of drug-likeness (QED) is 0.332. The largest absolute Gasteiger partial charge is 0.294 e. The van der Waals surface area contributed by atoms with Crippen molar-refractivity contribution in [2.24, 2.45) is 0 Å². The van der Waals surface area contributed by atoms with Crippen molar-refractivity contribution in [1.82, 2.24) is 4.57 Å². The van der Waals surface area contributed by atoms with E-state index in [1.807, 2.05) is 0 Å². The molecule has 1 atom stereocenters. The molecular formula is C29H29N2+. The minimum atomic E-state index is -0.0198. The first-order valence-electron chi connectivity index (χ1n) is 11.4. The van der Waals surface area contributed by atoms with Crippen molar-refractivity contribution in [3.8, 4) is 17.1 Å². The van der Waals surface area contributed by atoms with Gasteiger partial charge in [-0.2, -0.15) is 4.57 Å². The maximum Gasteiger partial charge on any atom is 0.294 e. The standard InChI is InChI=1S/C29H29N2/c1-19-9-7-10-20(2)27(19)31-18-17-30-26-16-15-21-22(28(30)31)12-8-14-24(21)29(3,4)25-13-6-5-11-23(25)26/h5-14,17-18,26H,15-16H2,1-4H3/q+1. The zero-order chi connectivity index (χ0) is 21.3. The first kappa shape index (κ1) is 18.6. The number of hydrogen-bond donors (Lipinski definition) is 0. The lowest BCUT2D eigenvalue weighted by Crippen LogP contribution is -2.41. The van der Waals surface area contributed by atoms with Crippen molar-refractivity contribution in [2.75, 3.05) is 0 Å². The van der Waals surface area contributed by atoms with Crippen molar-refractivity contribution in [3.05, 3.63) is 106 Å². The van der Waals surface area contributed by atoms with Crippen LogP contribution < -0.4 is 4.57 Å². The van der Waals surface area contributed by atoms with E-state index in [9.17, 15) is 0 Å². The number of fused-ring (bicyclic) bond motifs is 7. The summed E-state index contributed by atoms with van der Waals surface area (Å²) >= 11 is 0. The fourth-order valence-electron chi connectivity index (χ4n) is 6.17. The molecule has 1 aliphatic heterocycles. The molecule has 2 heterocycles. The predicted octanol–water partition coefficient (Wildman–Crippen LogP) is 6.22. The Balaban J connectivity index is 1.77. The second-order valence-corrected chi connectivity index (χ2v) is 9.74. The number of benzene rings is 3. The lowest BCUT2D eigenvalue weighted by molar-refractivity contribution is -0.702. The van der Waals surface area contributed by atoms with Gasteiger partial charge in [-0.15, -0.1) is 0 Å². The average Bonchev–Trinajstić information content (AvgIpc) is 3.10. The Labute approximate surface area is 184 Å². The molecule has 0 N–H and O–H groups in total. The lowest BCUT2D eigenvalue weighted by atomic mass is 9.70. The van der Waals surface area contributed by atoms with Crippen LogP contribution in [0.2, 0.25) is 0 Å². The van der Waals surface area contributed by atoms with E-state index in [2.05, 4.69) is 110 Å². The summed E-state index contributed by atoms with van der Waals surface area (Å²) in [6.45, 7) is 9.25. The smallest absolute Gasteiger partial charge is 0.223 e. The van der Waals surface area contributed by atoms with E-state index in [1.54, 1.807) is 0 Å². The Hall–Kier alpha value is -3.13. The van der Waals surface area contributed by atoms with Gasteiger partial charge in [-0.1, -0.05) is 68.4 Å². The zero-order valence-electron chi connectivity index (χ0n) is 18.8. The highest BCUT2D eigenvalue weighted by atomic mass is 15.2. The Bertz CT molecular complexity index is 1320. The van der Waals surface area contributed by atoms with E-state index in [0.717, 1.165) is 12.8 Å². The average molecular weight is 406 g/mol. The van der Waals surface area contributed by atoms with Crippen molar-refractivity contribution in [1.29, 1.82) is 0 Å². The third-order valence-corrected chi connectivity index (χ3v) is 7.62. The summed E-state index contributed by atoms with van der Waals surface area (Å²) < 4.78 is 4.98. The first-order valence-corrected chi connectivity index (χ1v) is 11.4. The Morgan fingerprint density at radius 2 is 1.58 bits per heavy atom. The molecule has 31 heavy (non-hydrogen) atoms. The molecule has 2 aliphatic rings. The summed E-state index contributed by atoms with van der Waals surface area (Å²) in [6, 6.07) is 23.0. The summed E-state index contributed by atoms with van der Waals surface area (Å²) in [4.78, 5) is 0. The summed E-state index contributed by atoms with van der Waals surface area (Å²) in [5, 5.41) is 0. The SMILES string of the molecule is Cc1cccc(C)c1-n1cc[n+]2c1-c1cccc3c1CCC2c1ccccc1C3(C)C. The highest BCUT2D eigenvalue weighted by Crippen LogP contribution is 2.46. The van der Waals surface area contributed by atoms with Crippen LogP contribution in [0.3, 0.4) is 0 Å². The van der Waals surface area contributed by atoms with E-state index in [-0.39, 0.29) is 5.41 Å². The third kappa shape index (κ3) is 2.48. The van der Waals surface area contributed by atoms with Crippen LogP contribution in [0.5, 0.6) is 0 Å². The molecule has 1 unspecified atom stereocenters. The molecule has 0 amide bonds. The minimum absolute atomic E-state index is 0.0198. The molecule has 3 aromatic carbocycles. The van der Waals surface area contributed by atoms with E-state index >= 15 is 0 Å². The highest BCUT2D eigenvalue weighted by Gasteiger charge is 2.41. The van der Waals surface area contributed by atoms with Gasteiger partial charge < -0.3 is 0 Å². The summed E-state index contributed by atoms with van der Waals surface area (Å²) in [6.07, 6.45) is 6.82. The molecule has 6 rings (SSSR count).